The number of nitrogens with zero attached hydrogens (tertiary/aromatic N) is 1. The van der Waals surface area contributed by atoms with Crippen molar-refractivity contribution in [3.05, 3.63) is 50.5 Å². The third kappa shape index (κ3) is 2.25. The first-order valence-corrected chi connectivity index (χ1v) is 6.48. The zero-order chi connectivity index (χ0) is 15.1. The van der Waals surface area contributed by atoms with Gasteiger partial charge in [-0.1, -0.05) is 17.7 Å². The largest absolute Gasteiger partial charge is 0.369 e. The van der Waals surface area contributed by atoms with E-state index in [2.05, 4.69) is 15.3 Å². The minimum absolute atomic E-state index is 0.0387. The maximum absolute atomic E-state index is 14.1. The molecule has 0 radical (unpaired) electrons. The molecule has 1 atom stereocenters. The van der Waals surface area contributed by atoms with Crippen LogP contribution in [0, 0.1) is 5.82 Å². The van der Waals surface area contributed by atoms with Crippen molar-refractivity contribution in [3.63, 3.8) is 0 Å². The van der Waals surface area contributed by atoms with Gasteiger partial charge in [0.25, 0.3) is 5.56 Å². The first-order chi connectivity index (χ1) is 9.97. The Bertz CT molecular complexity index is 785. The molecule has 1 aromatic heterocycles. The zero-order valence-electron chi connectivity index (χ0n) is 10.6. The van der Waals surface area contributed by atoms with Gasteiger partial charge < -0.3 is 11.1 Å². The van der Waals surface area contributed by atoms with E-state index in [0.717, 1.165) is 0 Å². The molecule has 1 aromatic carbocycles. The SMILES string of the molecule is Nc1nc2c(c(=O)[nH]1)[C@@H](c1c(F)cccc1Cl)CC(=O)N2. The van der Waals surface area contributed by atoms with Crippen LogP contribution in [0.2, 0.25) is 5.02 Å². The van der Waals surface area contributed by atoms with Gasteiger partial charge in [0.1, 0.15) is 11.6 Å². The highest BCUT2D eigenvalue weighted by Crippen LogP contribution is 2.38. The van der Waals surface area contributed by atoms with Crippen molar-refractivity contribution in [2.75, 3.05) is 11.1 Å². The smallest absolute Gasteiger partial charge is 0.258 e. The lowest BCUT2D eigenvalue weighted by Crippen LogP contribution is -2.32. The maximum atomic E-state index is 14.1. The van der Waals surface area contributed by atoms with Crippen molar-refractivity contribution in [1.29, 1.82) is 0 Å². The first kappa shape index (κ1) is 13.6. The molecule has 0 aliphatic carbocycles. The number of nitrogens with one attached hydrogen (secondary N) is 2. The number of anilines is 2. The number of hydrogen-bond acceptors (Lipinski definition) is 4. The maximum Gasteiger partial charge on any atom is 0.258 e. The van der Waals surface area contributed by atoms with Crippen LogP contribution in [-0.4, -0.2) is 15.9 Å². The van der Waals surface area contributed by atoms with E-state index in [4.69, 9.17) is 17.3 Å². The molecule has 2 heterocycles. The number of aromatic nitrogens is 2. The molecule has 1 amide bonds. The molecule has 0 bridgehead atoms. The van der Waals surface area contributed by atoms with Gasteiger partial charge in [0, 0.05) is 22.9 Å². The lowest BCUT2D eigenvalue weighted by molar-refractivity contribution is -0.116. The van der Waals surface area contributed by atoms with E-state index >= 15 is 0 Å². The highest BCUT2D eigenvalue weighted by atomic mass is 35.5. The number of aromatic amines is 1. The highest BCUT2D eigenvalue weighted by Gasteiger charge is 2.33. The van der Waals surface area contributed by atoms with E-state index < -0.39 is 17.3 Å². The molecule has 0 fully saturated rings. The predicted molar refractivity (Wildman–Crippen MR) is 75.8 cm³/mol. The third-order valence-corrected chi connectivity index (χ3v) is 3.65. The molecule has 4 N–H and O–H groups in total. The molecule has 1 aliphatic heterocycles. The van der Waals surface area contributed by atoms with Crippen molar-refractivity contribution in [2.24, 2.45) is 0 Å². The normalized spacial score (nSPS) is 17.2. The van der Waals surface area contributed by atoms with Crippen LogP contribution in [0.5, 0.6) is 0 Å². The van der Waals surface area contributed by atoms with Crippen LogP contribution in [0.1, 0.15) is 23.5 Å². The second-order valence-corrected chi connectivity index (χ2v) is 5.06. The van der Waals surface area contributed by atoms with Crippen molar-refractivity contribution >= 4 is 29.3 Å². The molecule has 6 nitrogen and oxygen atoms in total. The highest BCUT2D eigenvalue weighted by molar-refractivity contribution is 6.31. The average Bonchev–Trinajstić information content (AvgIpc) is 2.36. The van der Waals surface area contributed by atoms with E-state index in [1.54, 1.807) is 0 Å². The predicted octanol–water partition coefficient (Wildman–Crippen LogP) is 1.62. The van der Waals surface area contributed by atoms with Gasteiger partial charge in [-0.05, 0) is 12.1 Å². The van der Waals surface area contributed by atoms with Crippen LogP contribution >= 0.6 is 11.6 Å². The Labute approximate surface area is 123 Å². The lowest BCUT2D eigenvalue weighted by atomic mass is 9.86. The first-order valence-electron chi connectivity index (χ1n) is 6.11. The van der Waals surface area contributed by atoms with Gasteiger partial charge in [-0.25, -0.2) is 4.39 Å². The summed E-state index contributed by atoms with van der Waals surface area (Å²) in [7, 11) is 0. The molecule has 21 heavy (non-hydrogen) atoms. The molecule has 0 saturated heterocycles. The third-order valence-electron chi connectivity index (χ3n) is 3.32. The number of nitrogen functional groups attached to an aromatic ring is 1. The summed E-state index contributed by atoms with van der Waals surface area (Å²) in [4.78, 5) is 30.1. The van der Waals surface area contributed by atoms with Crippen molar-refractivity contribution < 1.29 is 9.18 Å². The monoisotopic (exact) mass is 308 g/mol. The van der Waals surface area contributed by atoms with Gasteiger partial charge in [-0.15, -0.1) is 0 Å². The van der Waals surface area contributed by atoms with Gasteiger partial charge in [0.15, 0.2) is 0 Å². The Kier molecular flexibility index (Phi) is 3.13. The van der Waals surface area contributed by atoms with Gasteiger partial charge in [0.2, 0.25) is 11.9 Å². The fraction of sp³-hybridized carbons (Fsp3) is 0.154. The molecule has 108 valence electrons. The van der Waals surface area contributed by atoms with Crippen LogP contribution in [0.3, 0.4) is 0 Å². The number of carbonyl (C=O) groups excluding carboxylic acids is 1. The van der Waals surface area contributed by atoms with E-state index in [9.17, 15) is 14.0 Å². The van der Waals surface area contributed by atoms with E-state index in [1.807, 2.05) is 0 Å². The minimum Gasteiger partial charge on any atom is -0.369 e. The van der Waals surface area contributed by atoms with Gasteiger partial charge >= 0.3 is 0 Å². The minimum atomic E-state index is -0.806. The van der Waals surface area contributed by atoms with Crippen molar-refractivity contribution in [1.82, 2.24) is 9.97 Å². The number of carbonyl (C=O) groups is 1. The topological polar surface area (TPSA) is 101 Å². The summed E-state index contributed by atoms with van der Waals surface area (Å²) in [6, 6.07) is 4.19. The van der Waals surface area contributed by atoms with Crippen LogP contribution < -0.4 is 16.6 Å². The molecule has 0 unspecified atom stereocenters. The summed E-state index contributed by atoms with van der Waals surface area (Å²) in [6.45, 7) is 0. The summed E-state index contributed by atoms with van der Waals surface area (Å²) in [5.74, 6) is -1.86. The molecular weight excluding hydrogens is 299 g/mol. The molecule has 0 spiro atoms. The standard InChI is InChI=1S/C13H10ClFN4O2/c14-6-2-1-3-7(15)9(6)5-4-8(20)17-11-10(5)12(21)19-13(16)18-11/h1-3,5H,4H2,(H4,16,17,18,19,20,21)/t5-/m1/s1. The Hall–Kier alpha value is -2.41. The van der Waals surface area contributed by atoms with Crippen LogP contribution in [0.25, 0.3) is 0 Å². The number of H-pyrrole nitrogens is 1. The summed E-state index contributed by atoms with van der Waals surface area (Å²) < 4.78 is 14.1. The number of halogens is 2. The van der Waals surface area contributed by atoms with Gasteiger partial charge in [-0.2, -0.15) is 4.98 Å². The Morgan fingerprint density at radius 2 is 2.10 bits per heavy atom. The summed E-state index contributed by atoms with van der Waals surface area (Å²) in [5.41, 5.74) is 5.18. The fourth-order valence-electron chi connectivity index (χ4n) is 2.48. The van der Waals surface area contributed by atoms with Crippen molar-refractivity contribution in [2.45, 2.75) is 12.3 Å². The number of hydrogen-bond donors (Lipinski definition) is 3. The summed E-state index contributed by atoms with van der Waals surface area (Å²) in [6.07, 6.45) is -0.0949. The summed E-state index contributed by atoms with van der Waals surface area (Å²) >= 11 is 6.03. The zero-order valence-corrected chi connectivity index (χ0v) is 11.4. The number of nitrogens with two attached hydrogens (primary N) is 1. The fourth-order valence-corrected chi connectivity index (χ4v) is 2.77. The molecule has 1 aliphatic rings. The molecule has 3 rings (SSSR count). The number of benzene rings is 1. The van der Waals surface area contributed by atoms with Crippen LogP contribution in [0.15, 0.2) is 23.0 Å². The summed E-state index contributed by atoms with van der Waals surface area (Å²) in [5, 5.41) is 2.61. The molecule has 2 aromatic rings. The number of fused-ring (bicyclic) bond motifs is 1. The molecular formula is C13H10ClFN4O2. The van der Waals surface area contributed by atoms with Gasteiger partial charge in [-0.3, -0.25) is 14.6 Å². The van der Waals surface area contributed by atoms with E-state index in [-0.39, 0.29) is 40.2 Å². The molecule has 8 heteroatoms. The Morgan fingerprint density at radius 3 is 2.81 bits per heavy atom. The average molecular weight is 309 g/mol. The van der Waals surface area contributed by atoms with E-state index in [1.165, 1.54) is 18.2 Å². The molecule has 0 saturated carbocycles. The van der Waals surface area contributed by atoms with Crippen LogP contribution in [0.4, 0.5) is 16.2 Å². The quantitative estimate of drug-likeness (QED) is 0.745. The van der Waals surface area contributed by atoms with Crippen molar-refractivity contribution in [3.8, 4) is 0 Å². The Balaban J connectivity index is 2.27. The number of amides is 1. The lowest BCUT2D eigenvalue weighted by Gasteiger charge is -2.25. The number of rotatable bonds is 1. The van der Waals surface area contributed by atoms with Gasteiger partial charge in [0.05, 0.1) is 5.56 Å². The van der Waals surface area contributed by atoms with Crippen LogP contribution in [-0.2, 0) is 4.79 Å². The second kappa shape index (κ2) is 4.85. The Morgan fingerprint density at radius 1 is 1.33 bits per heavy atom. The van der Waals surface area contributed by atoms with E-state index in [0.29, 0.717) is 0 Å². The second-order valence-electron chi connectivity index (χ2n) is 4.65.